The molecule has 1 aromatic rings. The van der Waals surface area contributed by atoms with Gasteiger partial charge in [-0.25, -0.2) is 0 Å². The molecule has 0 amide bonds. The van der Waals surface area contributed by atoms with E-state index in [0.29, 0.717) is 5.69 Å². The Morgan fingerprint density at radius 3 is 2.20 bits per heavy atom. The number of hydrogen-bond acceptors (Lipinski definition) is 5. The van der Waals surface area contributed by atoms with E-state index in [-0.39, 0.29) is 0 Å². The third-order valence-corrected chi connectivity index (χ3v) is 4.20. The predicted octanol–water partition coefficient (Wildman–Crippen LogP) is 1.06. The van der Waals surface area contributed by atoms with E-state index in [1.807, 2.05) is 12.1 Å². The van der Waals surface area contributed by atoms with Gasteiger partial charge in [-0.2, -0.15) is 0 Å². The second-order valence-electron chi connectivity index (χ2n) is 2.92. The Morgan fingerprint density at radius 1 is 1.13 bits per heavy atom. The summed E-state index contributed by atoms with van der Waals surface area (Å²) >= 11 is 0. The molecule has 0 aliphatic rings. The van der Waals surface area contributed by atoms with Crippen molar-refractivity contribution in [3.05, 3.63) is 24.3 Å². The largest absolute Gasteiger partial charge is 0.630 e. The van der Waals surface area contributed by atoms with E-state index >= 15 is 0 Å². The summed E-state index contributed by atoms with van der Waals surface area (Å²) in [4.78, 5) is 3.07. The zero-order chi connectivity index (χ0) is 11.3. The predicted molar refractivity (Wildman–Crippen MR) is 61.3 cm³/mol. The summed E-state index contributed by atoms with van der Waals surface area (Å²) < 4.78 is 15.7. The van der Waals surface area contributed by atoms with E-state index in [2.05, 4.69) is 4.98 Å². The molecular formula is C9H16N2O3Si. The second-order valence-corrected chi connectivity index (χ2v) is 5.51. The van der Waals surface area contributed by atoms with E-state index in [1.165, 1.54) is 0 Å². The summed E-state index contributed by atoms with van der Waals surface area (Å²) in [5.41, 5.74) is 7.14. The Kier molecular flexibility index (Phi) is 4.10. The highest BCUT2D eigenvalue weighted by Gasteiger charge is 2.39. The van der Waals surface area contributed by atoms with Crippen LogP contribution in [0.3, 0.4) is 0 Å². The SMILES string of the molecule is CO[Si](Nc1cccc(N)c1)(OC)OC. The molecule has 0 spiro atoms. The lowest BCUT2D eigenvalue weighted by Crippen LogP contribution is -2.51. The van der Waals surface area contributed by atoms with Gasteiger partial charge in [0.2, 0.25) is 0 Å². The molecule has 0 aromatic heterocycles. The zero-order valence-electron chi connectivity index (χ0n) is 9.11. The van der Waals surface area contributed by atoms with Crippen molar-refractivity contribution >= 4 is 20.3 Å². The fraction of sp³-hybridized carbons (Fsp3) is 0.333. The second kappa shape index (κ2) is 5.13. The molecule has 0 radical (unpaired) electrons. The van der Waals surface area contributed by atoms with Gasteiger partial charge in [-0.1, -0.05) is 6.07 Å². The molecular weight excluding hydrogens is 212 g/mol. The average Bonchev–Trinajstić information content (AvgIpc) is 2.26. The first-order chi connectivity index (χ1) is 7.15. The molecule has 15 heavy (non-hydrogen) atoms. The van der Waals surface area contributed by atoms with Crippen molar-refractivity contribution in [2.24, 2.45) is 0 Å². The van der Waals surface area contributed by atoms with Gasteiger partial charge in [0.05, 0.1) is 0 Å². The van der Waals surface area contributed by atoms with Crippen molar-refractivity contribution in [1.29, 1.82) is 0 Å². The van der Waals surface area contributed by atoms with Gasteiger partial charge >= 0.3 is 8.97 Å². The highest BCUT2D eigenvalue weighted by molar-refractivity contribution is 6.64. The lowest BCUT2D eigenvalue weighted by molar-refractivity contribution is 0.132. The van der Waals surface area contributed by atoms with Crippen LogP contribution in [0.4, 0.5) is 11.4 Å². The summed E-state index contributed by atoms with van der Waals surface area (Å²) in [6.45, 7) is 0. The topological polar surface area (TPSA) is 65.7 Å². The minimum Gasteiger partial charge on any atom is -0.399 e. The van der Waals surface area contributed by atoms with Crippen LogP contribution in [0.5, 0.6) is 0 Å². The summed E-state index contributed by atoms with van der Waals surface area (Å²) in [5.74, 6) is 0. The average molecular weight is 228 g/mol. The molecule has 0 saturated carbocycles. The number of nitrogen functional groups attached to an aromatic ring is 1. The van der Waals surface area contributed by atoms with Crippen LogP contribution >= 0.6 is 0 Å². The van der Waals surface area contributed by atoms with Gasteiger partial charge in [0.15, 0.2) is 0 Å². The lowest BCUT2D eigenvalue weighted by atomic mass is 10.3. The molecule has 0 aliphatic heterocycles. The number of nitrogens with one attached hydrogen (secondary N) is 1. The van der Waals surface area contributed by atoms with Crippen LogP contribution in [0, 0.1) is 0 Å². The first-order valence-electron chi connectivity index (χ1n) is 4.45. The fourth-order valence-corrected chi connectivity index (χ4v) is 2.51. The lowest BCUT2D eigenvalue weighted by Gasteiger charge is -2.25. The van der Waals surface area contributed by atoms with E-state index in [9.17, 15) is 0 Å². The monoisotopic (exact) mass is 228 g/mol. The van der Waals surface area contributed by atoms with Crippen molar-refractivity contribution in [3.63, 3.8) is 0 Å². The molecule has 0 fully saturated rings. The van der Waals surface area contributed by atoms with E-state index in [4.69, 9.17) is 19.0 Å². The Morgan fingerprint density at radius 2 is 1.73 bits per heavy atom. The Labute approximate surface area is 90.6 Å². The zero-order valence-corrected chi connectivity index (χ0v) is 10.1. The molecule has 0 unspecified atom stereocenters. The molecule has 6 heteroatoms. The van der Waals surface area contributed by atoms with Crippen molar-refractivity contribution < 1.29 is 13.3 Å². The van der Waals surface area contributed by atoms with E-state index in [0.717, 1.165) is 5.69 Å². The third kappa shape index (κ3) is 2.93. The number of hydrogen-bond donors (Lipinski definition) is 2. The van der Waals surface area contributed by atoms with Crippen LogP contribution in [0.2, 0.25) is 0 Å². The van der Waals surface area contributed by atoms with Gasteiger partial charge in [-0.3, -0.25) is 0 Å². The highest BCUT2D eigenvalue weighted by Crippen LogP contribution is 2.16. The summed E-state index contributed by atoms with van der Waals surface area (Å²) in [6.07, 6.45) is 0. The standard InChI is InChI=1S/C9H16N2O3Si/c1-12-15(13-2,14-3)11-9-6-4-5-8(10)7-9/h4-7,11H,10H2,1-3H3. The number of nitrogens with two attached hydrogens (primary N) is 1. The smallest absolute Gasteiger partial charge is 0.399 e. The van der Waals surface area contributed by atoms with Gasteiger partial charge < -0.3 is 24.0 Å². The third-order valence-electron chi connectivity index (χ3n) is 1.99. The van der Waals surface area contributed by atoms with Gasteiger partial charge in [0.25, 0.3) is 0 Å². The van der Waals surface area contributed by atoms with Crippen molar-refractivity contribution in [2.45, 2.75) is 0 Å². The van der Waals surface area contributed by atoms with Crippen LogP contribution in [0.15, 0.2) is 24.3 Å². The van der Waals surface area contributed by atoms with Gasteiger partial charge in [0, 0.05) is 32.7 Å². The summed E-state index contributed by atoms with van der Waals surface area (Å²) in [6, 6.07) is 7.31. The number of rotatable bonds is 5. The maximum Gasteiger partial charge on any atom is 0.630 e. The van der Waals surface area contributed by atoms with E-state index < -0.39 is 8.97 Å². The maximum atomic E-state index is 5.65. The Balaban J connectivity index is 2.82. The first kappa shape index (κ1) is 12.0. The Hall–Kier alpha value is -1.08. The normalized spacial score (nSPS) is 11.4. The van der Waals surface area contributed by atoms with Crippen molar-refractivity contribution in [1.82, 2.24) is 0 Å². The molecule has 3 N–H and O–H groups in total. The van der Waals surface area contributed by atoms with Gasteiger partial charge in [-0.15, -0.1) is 0 Å². The van der Waals surface area contributed by atoms with Crippen LogP contribution < -0.4 is 10.7 Å². The van der Waals surface area contributed by atoms with Crippen LogP contribution in [0.25, 0.3) is 0 Å². The first-order valence-corrected chi connectivity index (χ1v) is 6.17. The van der Waals surface area contributed by atoms with E-state index in [1.54, 1.807) is 33.5 Å². The van der Waals surface area contributed by atoms with Crippen LogP contribution in [-0.2, 0) is 13.3 Å². The maximum absolute atomic E-state index is 5.65. The van der Waals surface area contributed by atoms with Crippen molar-refractivity contribution in [2.75, 3.05) is 32.0 Å². The van der Waals surface area contributed by atoms with Crippen molar-refractivity contribution in [3.8, 4) is 0 Å². The molecule has 84 valence electrons. The number of benzene rings is 1. The van der Waals surface area contributed by atoms with Crippen LogP contribution in [-0.4, -0.2) is 30.3 Å². The molecule has 5 nitrogen and oxygen atoms in total. The van der Waals surface area contributed by atoms with Gasteiger partial charge in [0.1, 0.15) is 0 Å². The van der Waals surface area contributed by atoms with Gasteiger partial charge in [-0.05, 0) is 18.2 Å². The molecule has 0 atom stereocenters. The summed E-state index contributed by atoms with van der Waals surface area (Å²) in [7, 11) is 1.83. The molecule has 0 aliphatic carbocycles. The Bertz CT molecular complexity index is 310. The summed E-state index contributed by atoms with van der Waals surface area (Å²) in [5, 5.41) is 0. The minimum atomic E-state index is -2.79. The highest BCUT2D eigenvalue weighted by atomic mass is 28.4. The fourth-order valence-electron chi connectivity index (χ4n) is 1.20. The molecule has 0 bridgehead atoms. The van der Waals surface area contributed by atoms with Crippen LogP contribution in [0.1, 0.15) is 0 Å². The molecule has 0 heterocycles. The quantitative estimate of drug-likeness (QED) is 0.582. The molecule has 1 aromatic carbocycles. The minimum absolute atomic E-state index is 0.672. The molecule has 0 saturated heterocycles. The number of anilines is 2. The molecule has 1 rings (SSSR count).